The first-order valence-electron chi connectivity index (χ1n) is 16.1. The van der Waals surface area contributed by atoms with E-state index in [9.17, 15) is 0 Å². The lowest BCUT2D eigenvalue weighted by molar-refractivity contribution is 0.486. The van der Waals surface area contributed by atoms with E-state index >= 15 is 0 Å². The molecule has 0 aliphatic carbocycles. The van der Waals surface area contributed by atoms with Gasteiger partial charge in [-0.3, -0.25) is 0 Å². The second-order valence-electron chi connectivity index (χ2n) is 11.6. The Morgan fingerprint density at radius 2 is 0.653 bits per heavy atom. The van der Waals surface area contributed by atoms with Crippen LogP contribution in [0.5, 0.6) is 11.5 Å². The SMILES string of the molecule is c1ccc(-c2cccc(-c3cc(-c4ccccc4Oc4ccccc4-c4cc(-c5cccc(-c6ccccc6)c5)ncn4)ncn3)c2)cc1. The Balaban J connectivity index is 1.11. The minimum atomic E-state index is 0.683. The van der Waals surface area contributed by atoms with Crippen LogP contribution in [0.2, 0.25) is 0 Å². The number of rotatable bonds is 8. The largest absolute Gasteiger partial charge is 0.456 e. The number of hydrogen-bond acceptors (Lipinski definition) is 5. The van der Waals surface area contributed by atoms with Crippen molar-refractivity contribution < 1.29 is 4.74 Å². The summed E-state index contributed by atoms with van der Waals surface area (Å²) in [5.74, 6) is 1.37. The van der Waals surface area contributed by atoms with Crippen molar-refractivity contribution in [2.24, 2.45) is 0 Å². The van der Waals surface area contributed by atoms with Crippen molar-refractivity contribution in [1.82, 2.24) is 19.9 Å². The zero-order chi connectivity index (χ0) is 32.8. The number of nitrogens with zero attached hydrogens (tertiary/aromatic N) is 4. The molecule has 0 aliphatic rings. The molecule has 0 aliphatic heterocycles. The van der Waals surface area contributed by atoms with Crippen LogP contribution >= 0.6 is 0 Å². The molecule has 5 nitrogen and oxygen atoms in total. The van der Waals surface area contributed by atoms with Crippen LogP contribution in [0.1, 0.15) is 0 Å². The van der Waals surface area contributed by atoms with E-state index in [2.05, 4.69) is 117 Å². The van der Waals surface area contributed by atoms with Gasteiger partial charge in [-0.1, -0.05) is 121 Å². The first kappa shape index (κ1) is 29.7. The monoisotopic (exact) mass is 630 g/mol. The first-order chi connectivity index (χ1) is 24.3. The van der Waals surface area contributed by atoms with Crippen LogP contribution in [0.3, 0.4) is 0 Å². The second kappa shape index (κ2) is 13.6. The van der Waals surface area contributed by atoms with E-state index in [1.165, 1.54) is 0 Å². The van der Waals surface area contributed by atoms with E-state index in [1.807, 2.05) is 72.8 Å². The molecular formula is C44H30N4O. The maximum atomic E-state index is 6.67. The molecule has 2 aromatic heterocycles. The third kappa shape index (κ3) is 6.46. The van der Waals surface area contributed by atoms with Crippen molar-refractivity contribution in [2.45, 2.75) is 0 Å². The quantitative estimate of drug-likeness (QED) is 0.167. The second-order valence-corrected chi connectivity index (χ2v) is 11.6. The molecule has 0 unspecified atom stereocenters. The zero-order valence-electron chi connectivity index (χ0n) is 26.5. The summed E-state index contributed by atoms with van der Waals surface area (Å²) in [6.45, 7) is 0. The molecule has 0 atom stereocenters. The van der Waals surface area contributed by atoms with Crippen LogP contribution in [-0.2, 0) is 0 Å². The Morgan fingerprint density at radius 1 is 0.286 bits per heavy atom. The van der Waals surface area contributed by atoms with Gasteiger partial charge in [0.05, 0.1) is 22.8 Å². The van der Waals surface area contributed by atoms with E-state index in [4.69, 9.17) is 4.74 Å². The third-order valence-corrected chi connectivity index (χ3v) is 8.41. The van der Waals surface area contributed by atoms with E-state index in [0.29, 0.717) is 11.5 Å². The predicted octanol–water partition coefficient (Wildman–Crippen LogP) is 11.1. The summed E-state index contributed by atoms with van der Waals surface area (Å²) < 4.78 is 6.67. The molecule has 0 fully saturated rings. The molecule has 232 valence electrons. The van der Waals surface area contributed by atoms with Gasteiger partial charge in [-0.2, -0.15) is 0 Å². The van der Waals surface area contributed by atoms with E-state index < -0.39 is 0 Å². The van der Waals surface area contributed by atoms with Gasteiger partial charge in [0.25, 0.3) is 0 Å². The molecule has 0 bridgehead atoms. The van der Waals surface area contributed by atoms with Crippen molar-refractivity contribution in [3.05, 3.63) is 183 Å². The van der Waals surface area contributed by atoms with Crippen molar-refractivity contribution in [3.63, 3.8) is 0 Å². The molecule has 8 rings (SSSR count). The van der Waals surface area contributed by atoms with Crippen LogP contribution in [0, 0.1) is 0 Å². The van der Waals surface area contributed by atoms with Gasteiger partial charge in [0, 0.05) is 22.3 Å². The molecule has 0 spiro atoms. The van der Waals surface area contributed by atoms with Crippen LogP contribution in [0.25, 0.3) is 67.3 Å². The summed E-state index contributed by atoms with van der Waals surface area (Å²) in [5, 5.41) is 0. The highest BCUT2D eigenvalue weighted by molar-refractivity contribution is 5.78. The summed E-state index contributed by atoms with van der Waals surface area (Å²) in [6, 6.07) is 57.4. The fourth-order valence-electron chi connectivity index (χ4n) is 5.96. The summed E-state index contributed by atoms with van der Waals surface area (Å²) in [7, 11) is 0. The van der Waals surface area contributed by atoms with Crippen LogP contribution in [0.15, 0.2) is 183 Å². The van der Waals surface area contributed by atoms with Crippen molar-refractivity contribution >= 4 is 0 Å². The molecule has 5 heteroatoms. The van der Waals surface area contributed by atoms with Gasteiger partial charge in [-0.15, -0.1) is 0 Å². The molecule has 2 heterocycles. The smallest absolute Gasteiger partial charge is 0.136 e. The Kier molecular flexibility index (Phi) is 8.21. The molecular weight excluding hydrogens is 601 g/mol. The molecule has 49 heavy (non-hydrogen) atoms. The van der Waals surface area contributed by atoms with Gasteiger partial charge in [-0.05, 0) is 70.8 Å². The molecule has 8 aromatic rings. The highest BCUT2D eigenvalue weighted by Crippen LogP contribution is 2.38. The Morgan fingerprint density at radius 3 is 1.12 bits per heavy atom. The van der Waals surface area contributed by atoms with Gasteiger partial charge >= 0.3 is 0 Å². The number of ether oxygens (including phenoxy) is 1. The van der Waals surface area contributed by atoms with Gasteiger partial charge in [0.2, 0.25) is 0 Å². The average Bonchev–Trinajstić information content (AvgIpc) is 3.19. The van der Waals surface area contributed by atoms with Gasteiger partial charge in [0.1, 0.15) is 24.2 Å². The molecule has 0 radical (unpaired) electrons. The lowest BCUT2D eigenvalue weighted by Crippen LogP contribution is -1.95. The number of benzene rings is 6. The van der Waals surface area contributed by atoms with Crippen molar-refractivity contribution in [1.29, 1.82) is 0 Å². The molecule has 0 saturated carbocycles. The van der Waals surface area contributed by atoms with Gasteiger partial charge < -0.3 is 4.74 Å². The molecule has 0 N–H and O–H groups in total. The number of para-hydroxylation sites is 2. The standard InChI is InChI=1S/C44H30N4O/c1-3-13-31(14-4-1)33-17-11-19-35(25-33)39-27-41(47-29-45-39)37-21-7-9-23-43(37)49-44-24-10-8-22-38(44)42-28-40(46-30-48-42)36-20-12-18-34(26-36)32-15-5-2-6-16-32/h1-30H. The molecule has 0 amide bonds. The predicted molar refractivity (Wildman–Crippen MR) is 197 cm³/mol. The summed E-state index contributed by atoms with van der Waals surface area (Å²) in [5.41, 5.74) is 11.6. The highest BCUT2D eigenvalue weighted by Gasteiger charge is 2.15. The first-order valence-corrected chi connectivity index (χ1v) is 16.1. The number of hydrogen-bond donors (Lipinski definition) is 0. The van der Waals surface area contributed by atoms with Gasteiger partial charge in [-0.25, -0.2) is 19.9 Å². The fourth-order valence-corrected chi connectivity index (χ4v) is 5.96. The summed E-state index contributed by atoms with van der Waals surface area (Å²) in [6.07, 6.45) is 3.22. The molecule has 6 aromatic carbocycles. The fraction of sp³-hybridized carbons (Fsp3) is 0. The molecule has 0 saturated heterocycles. The normalized spacial score (nSPS) is 10.9. The third-order valence-electron chi connectivity index (χ3n) is 8.41. The summed E-state index contributed by atoms with van der Waals surface area (Å²) >= 11 is 0. The zero-order valence-corrected chi connectivity index (χ0v) is 26.5. The van der Waals surface area contributed by atoms with Crippen molar-refractivity contribution in [2.75, 3.05) is 0 Å². The average molecular weight is 631 g/mol. The number of aromatic nitrogens is 4. The maximum absolute atomic E-state index is 6.67. The van der Waals surface area contributed by atoms with Crippen LogP contribution in [0.4, 0.5) is 0 Å². The Bertz CT molecular complexity index is 2210. The van der Waals surface area contributed by atoms with Crippen LogP contribution in [-0.4, -0.2) is 19.9 Å². The minimum Gasteiger partial charge on any atom is -0.456 e. The lowest BCUT2D eigenvalue weighted by atomic mass is 10.0. The maximum Gasteiger partial charge on any atom is 0.136 e. The van der Waals surface area contributed by atoms with Crippen LogP contribution < -0.4 is 4.74 Å². The topological polar surface area (TPSA) is 60.8 Å². The minimum absolute atomic E-state index is 0.683. The highest BCUT2D eigenvalue weighted by atomic mass is 16.5. The lowest BCUT2D eigenvalue weighted by Gasteiger charge is -2.15. The summed E-state index contributed by atoms with van der Waals surface area (Å²) in [4.78, 5) is 18.6. The van der Waals surface area contributed by atoms with Crippen molar-refractivity contribution in [3.8, 4) is 78.8 Å². The van der Waals surface area contributed by atoms with Gasteiger partial charge in [0.15, 0.2) is 0 Å². The Hall–Kier alpha value is -6.72. The van der Waals surface area contributed by atoms with E-state index in [-0.39, 0.29) is 0 Å². The van der Waals surface area contributed by atoms with E-state index in [1.54, 1.807) is 12.7 Å². The Labute approximate surface area is 285 Å². The van der Waals surface area contributed by atoms with E-state index in [0.717, 1.165) is 67.3 Å².